The summed E-state index contributed by atoms with van der Waals surface area (Å²) < 4.78 is -2.35. The quantitative estimate of drug-likeness (QED) is 0.174. The number of hydrogen-bond acceptors (Lipinski definition) is 0. The van der Waals surface area contributed by atoms with Crippen LogP contribution in [-0.4, -0.2) is 0 Å². The molecule has 0 aromatic heterocycles. The molecule has 0 aromatic rings. The normalized spacial score (nSPS) is 16.2. The van der Waals surface area contributed by atoms with Crippen LogP contribution in [0.15, 0.2) is 0 Å². The van der Waals surface area contributed by atoms with Crippen molar-refractivity contribution in [1.82, 2.24) is 0 Å². The van der Waals surface area contributed by atoms with Gasteiger partial charge in [0.1, 0.15) is 0 Å². The molecule has 0 aliphatic rings. The molecule has 0 fully saturated rings. The minimum atomic E-state index is -2.35. The maximum atomic E-state index is 2.57. The summed E-state index contributed by atoms with van der Waals surface area (Å²) in [7, 11) is 0. The molecule has 10 heteroatoms. The van der Waals surface area contributed by atoms with Crippen LogP contribution in [0.4, 0.5) is 0 Å². The van der Waals surface area contributed by atoms with Crippen LogP contribution in [0, 0.1) is 0 Å². The van der Waals surface area contributed by atoms with E-state index in [9.17, 15) is 0 Å². The second kappa shape index (κ2) is 8.25. The van der Waals surface area contributed by atoms with Crippen molar-refractivity contribution in [3.63, 3.8) is 0 Å². The van der Waals surface area contributed by atoms with E-state index in [0.717, 1.165) is 0 Å². The van der Waals surface area contributed by atoms with Gasteiger partial charge in [0, 0.05) is 0 Å². The van der Waals surface area contributed by atoms with Crippen molar-refractivity contribution in [2.75, 3.05) is 0 Å². The van der Waals surface area contributed by atoms with Crippen LogP contribution in [0.2, 0.25) is 0 Å². The fourth-order valence-corrected chi connectivity index (χ4v) is 0. The van der Waals surface area contributed by atoms with Crippen molar-refractivity contribution in [1.29, 1.82) is 0 Å². The largest absolute Gasteiger partial charge is 1.00 e. The molecule has 0 spiro atoms. The van der Waals surface area contributed by atoms with Gasteiger partial charge in [-0.2, -0.15) is 0 Å². The van der Waals surface area contributed by atoms with Gasteiger partial charge in [0.2, 0.25) is 0 Å². The molecular formula is I6IrNa3. The zero-order chi connectivity index (χ0) is 6.41. The fourth-order valence-electron chi connectivity index (χ4n) is 0. The molecule has 0 nitrogen and oxygen atoms in total. The number of hydrogen-bond donors (Lipinski definition) is 0. The second-order valence-corrected chi connectivity index (χ2v) is 263. The molecule has 0 aliphatic carbocycles. The van der Waals surface area contributed by atoms with Gasteiger partial charge >= 0.3 is 198 Å². The summed E-state index contributed by atoms with van der Waals surface area (Å²) in [6.07, 6.45) is 0. The molecule has 0 aromatic carbocycles. The Morgan fingerprint density at radius 2 is 0.500 bits per heavy atom. The molecular weight excluding hydrogens is 1020 g/mol. The Hall–Kier alpha value is 8.03. The van der Waals surface area contributed by atoms with Gasteiger partial charge in [0.05, 0.1) is 0 Å². The number of rotatable bonds is 0. The summed E-state index contributed by atoms with van der Waals surface area (Å²) in [5.74, 6) is 0. The van der Waals surface area contributed by atoms with Crippen LogP contribution < -0.4 is 88.7 Å². The Morgan fingerprint density at radius 3 is 0.500 bits per heavy atom. The first-order chi connectivity index (χ1) is 2.45. The third-order valence-corrected chi connectivity index (χ3v) is 0. The Bertz CT molecular complexity index is 71.6. The summed E-state index contributed by atoms with van der Waals surface area (Å²) in [4.78, 5) is 0. The van der Waals surface area contributed by atoms with E-state index in [1.54, 1.807) is 0 Å². The van der Waals surface area contributed by atoms with Gasteiger partial charge in [0.15, 0.2) is 0 Å². The summed E-state index contributed by atoms with van der Waals surface area (Å²) in [6, 6.07) is 0. The van der Waals surface area contributed by atoms with Gasteiger partial charge in [-0.05, 0) is 0 Å². The topological polar surface area (TPSA) is 0 Å². The van der Waals surface area contributed by atoms with Crippen LogP contribution in [0.5, 0.6) is 0 Å². The molecule has 0 saturated heterocycles. The van der Waals surface area contributed by atoms with Crippen LogP contribution in [-0.2, 0) is -8.61 Å². The zero-order valence-electron chi connectivity index (χ0n) is 5.60. The molecule has 0 N–H and O–H groups in total. The summed E-state index contributed by atoms with van der Waals surface area (Å²) >= 11 is 15.4. The van der Waals surface area contributed by atoms with E-state index >= 15 is 0 Å². The van der Waals surface area contributed by atoms with Crippen molar-refractivity contribution in [3.05, 3.63) is 0 Å². The first kappa shape index (κ1) is 26.6. The Labute approximate surface area is 190 Å². The predicted molar refractivity (Wildman–Crippen MR) is 84.1 cm³/mol. The van der Waals surface area contributed by atoms with Gasteiger partial charge in [0.25, 0.3) is 0 Å². The molecule has 0 aliphatic heterocycles. The molecule has 10 heavy (non-hydrogen) atoms. The van der Waals surface area contributed by atoms with E-state index in [-0.39, 0.29) is 88.7 Å². The zero-order valence-corrected chi connectivity index (χ0v) is 26.9. The SMILES string of the molecule is [I][Ir-3]([I])([I])([I])([I])[I].[Na+].[Na+].[Na+]. The van der Waals surface area contributed by atoms with Crippen molar-refractivity contribution in [3.8, 4) is 0 Å². The van der Waals surface area contributed by atoms with Gasteiger partial charge in [-0.3, -0.25) is 0 Å². The minimum Gasteiger partial charge on any atom is 1.00 e. The van der Waals surface area contributed by atoms with Crippen LogP contribution in [0.1, 0.15) is 0 Å². The van der Waals surface area contributed by atoms with E-state index in [4.69, 9.17) is 0 Å². The monoisotopic (exact) mass is 1020 g/mol. The van der Waals surface area contributed by atoms with E-state index in [1.807, 2.05) is 0 Å². The molecule has 54 valence electrons. The summed E-state index contributed by atoms with van der Waals surface area (Å²) in [5, 5.41) is 0. The van der Waals surface area contributed by atoms with E-state index < -0.39 is -8.61 Å². The average Bonchev–Trinajstić information content (AvgIpc) is 0.592. The molecule has 0 bridgehead atoms. The molecule has 0 atom stereocenters. The summed E-state index contributed by atoms with van der Waals surface area (Å²) in [5.41, 5.74) is 0. The number of halogens is 6. The predicted octanol–water partition coefficient (Wildman–Crippen LogP) is -3.68. The van der Waals surface area contributed by atoms with E-state index in [1.165, 1.54) is 0 Å². The third-order valence-electron chi connectivity index (χ3n) is 0. The fraction of sp³-hybridized carbons (Fsp3) is 0. The van der Waals surface area contributed by atoms with Crippen LogP contribution >= 0.6 is 118 Å². The molecule has 0 radical (unpaired) electrons. The Balaban J connectivity index is -0.0000000600. The smallest absolute Gasteiger partial charge is 1.00 e. The molecule has 0 unspecified atom stereocenters. The average molecular weight is 1020 g/mol. The van der Waals surface area contributed by atoms with E-state index in [2.05, 4.69) is 118 Å². The standard InChI is InChI=1S/6HI.Ir.3Na/h6*1H;;;;/q;;;;;;+3;3*+1/p-6. The first-order valence-corrected chi connectivity index (χ1v) is 41.5. The van der Waals surface area contributed by atoms with Gasteiger partial charge in [-0.15, -0.1) is 0 Å². The maximum Gasteiger partial charge on any atom is 1.00 e. The van der Waals surface area contributed by atoms with Crippen molar-refractivity contribution in [2.24, 2.45) is 0 Å². The summed E-state index contributed by atoms with van der Waals surface area (Å²) in [6.45, 7) is 0. The van der Waals surface area contributed by atoms with Gasteiger partial charge in [-0.25, -0.2) is 0 Å². The van der Waals surface area contributed by atoms with Gasteiger partial charge < -0.3 is 0 Å². The van der Waals surface area contributed by atoms with E-state index in [0.29, 0.717) is 0 Å². The minimum absolute atomic E-state index is 0. The molecule has 0 heterocycles. The molecule has 0 saturated carbocycles. The third kappa shape index (κ3) is 56.2. The van der Waals surface area contributed by atoms with Crippen molar-refractivity contribution >= 4 is 118 Å². The van der Waals surface area contributed by atoms with Crippen LogP contribution in [0.3, 0.4) is 0 Å². The first-order valence-electron chi connectivity index (χ1n) is 0.756. The molecule has 0 rings (SSSR count). The van der Waals surface area contributed by atoms with Crippen molar-refractivity contribution < 1.29 is 80.1 Å². The molecule has 0 amide bonds. The van der Waals surface area contributed by atoms with Crippen LogP contribution in [0.25, 0.3) is 0 Å². The van der Waals surface area contributed by atoms with Gasteiger partial charge in [-0.1, -0.05) is 0 Å². The maximum absolute atomic E-state index is 2.57. The van der Waals surface area contributed by atoms with Crippen molar-refractivity contribution in [2.45, 2.75) is 0 Å². The second-order valence-electron chi connectivity index (χ2n) is 0.714. The Morgan fingerprint density at radius 1 is 0.500 bits per heavy atom. The Kier molecular flexibility index (Phi) is 21.9.